The van der Waals surface area contributed by atoms with Crippen molar-refractivity contribution in [3.8, 4) is 16.8 Å². The van der Waals surface area contributed by atoms with Crippen molar-refractivity contribution >= 4 is 43.4 Å². The van der Waals surface area contributed by atoms with Crippen LogP contribution in [0.4, 0.5) is 0 Å². The third kappa shape index (κ3) is 2.45. The normalized spacial score (nSPS) is 14.1. The van der Waals surface area contributed by atoms with Gasteiger partial charge in [-0.25, -0.2) is 0 Å². The van der Waals surface area contributed by atoms with Gasteiger partial charge in [0.2, 0.25) is 0 Å². The number of aromatic nitrogens is 1. The molecular formula is C35H25N. The number of benzene rings is 6. The average molecular weight is 460 g/mol. The van der Waals surface area contributed by atoms with E-state index in [-0.39, 0.29) is 5.41 Å². The molecule has 1 aromatic heterocycles. The van der Waals surface area contributed by atoms with E-state index in [0.717, 1.165) is 0 Å². The summed E-state index contributed by atoms with van der Waals surface area (Å²) in [6.45, 7) is 4.74. The van der Waals surface area contributed by atoms with E-state index in [1.807, 2.05) is 0 Å². The second-order valence-corrected chi connectivity index (χ2v) is 10.6. The van der Waals surface area contributed by atoms with Gasteiger partial charge in [-0.2, -0.15) is 0 Å². The van der Waals surface area contributed by atoms with Crippen LogP contribution in [-0.2, 0) is 5.41 Å². The number of hydrogen-bond donors (Lipinski definition) is 0. The second-order valence-electron chi connectivity index (χ2n) is 10.6. The molecule has 0 atom stereocenters. The molecule has 0 aliphatic heterocycles. The van der Waals surface area contributed by atoms with E-state index >= 15 is 0 Å². The van der Waals surface area contributed by atoms with Crippen LogP contribution in [0.25, 0.3) is 60.2 Å². The first kappa shape index (κ1) is 19.9. The van der Waals surface area contributed by atoms with Crippen LogP contribution < -0.4 is 0 Å². The summed E-state index contributed by atoms with van der Waals surface area (Å²) in [4.78, 5) is 0. The summed E-state index contributed by atoms with van der Waals surface area (Å²) in [6.07, 6.45) is 0. The highest BCUT2D eigenvalue weighted by molar-refractivity contribution is 6.23. The molecule has 0 fully saturated rings. The summed E-state index contributed by atoms with van der Waals surface area (Å²) >= 11 is 0. The van der Waals surface area contributed by atoms with E-state index in [4.69, 9.17) is 0 Å². The zero-order chi connectivity index (χ0) is 24.0. The monoisotopic (exact) mass is 459 g/mol. The van der Waals surface area contributed by atoms with Gasteiger partial charge in [0.1, 0.15) is 0 Å². The highest BCUT2D eigenvalue weighted by Crippen LogP contribution is 2.52. The maximum atomic E-state index is 2.50. The van der Waals surface area contributed by atoms with Gasteiger partial charge in [0, 0.05) is 27.4 Å². The summed E-state index contributed by atoms with van der Waals surface area (Å²) in [5.74, 6) is 0. The number of hydrogen-bond acceptors (Lipinski definition) is 0. The van der Waals surface area contributed by atoms with Gasteiger partial charge in [-0.3, -0.25) is 0 Å². The molecule has 0 bridgehead atoms. The molecule has 6 aromatic carbocycles. The van der Waals surface area contributed by atoms with E-state index in [1.54, 1.807) is 0 Å². The van der Waals surface area contributed by atoms with Gasteiger partial charge in [-0.1, -0.05) is 105 Å². The Morgan fingerprint density at radius 3 is 2.19 bits per heavy atom. The molecule has 8 rings (SSSR count). The summed E-state index contributed by atoms with van der Waals surface area (Å²) in [6, 6.07) is 42.6. The molecule has 0 unspecified atom stereocenters. The molecule has 0 amide bonds. The fourth-order valence-electron chi connectivity index (χ4n) is 6.66. The molecule has 0 saturated carbocycles. The van der Waals surface area contributed by atoms with Crippen molar-refractivity contribution in [3.05, 3.63) is 126 Å². The molecule has 0 radical (unpaired) electrons. The van der Waals surface area contributed by atoms with Crippen molar-refractivity contribution in [2.75, 3.05) is 0 Å². The van der Waals surface area contributed by atoms with Crippen LogP contribution in [0.5, 0.6) is 0 Å². The summed E-state index contributed by atoms with van der Waals surface area (Å²) in [5.41, 5.74) is 9.21. The van der Waals surface area contributed by atoms with E-state index in [0.29, 0.717) is 0 Å². The Hall–Kier alpha value is -4.36. The van der Waals surface area contributed by atoms with Crippen molar-refractivity contribution in [2.45, 2.75) is 19.3 Å². The lowest BCUT2D eigenvalue weighted by Crippen LogP contribution is -2.23. The molecule has 0 saturated heterocycles. The average Bonchev–Trinajstić information content (AvgIpc) is 3.24. The van der Waals surface area contributed by atoms with Crippen LogP contribution in [0.3, 0.4) is 0 Å². The first-order valence-electron chi connectivity index (χ1n) is 12.7. The predicted molar refractivity (Wildman–Crippen MR) is 153 cm³/mol. The minimum absolute atomic E-state index is 0.0590. The van der Waals surface area contributed by atoms with Crippen LogP contribution in [-0.4, -0.2) is 4.57 Å². The smallest absolute Gasteiger partial charge is 0.0626 e. The fraction of sp³-hybridized carbons (Fsp3) is 0.0857. The Morgan fingerprint density at radius 1 is 0.556 bits per heavy atom. The molecular weight excluding hydrogens is 434 g/mol. The van der Waals surface area contributed by atoms with Crippen LogP contribution in [0.15, 0.2) is 115 Å². The Balaban J connectivity index is 1.65. The van der Waals surface area contributed by atoms with E-state index in [9.17, 15) is 0 Å². The Kier molecular flexibility index (Phi) is 3.79. The number of fused-ring (bicyclic) bond motifs is 7. The SMILES string of the molecule is CC1(C)c2ccccc2-c2c3c1cccc3cc1c3ccccc3n(-c3ccc4ccccc4c3)c21. The van der Waals surface area contributed by atoms with Gasteiger partial charge in [0.05, 0.1) is 11.0 Å². The van der Waals surface area contributed by atoms with Gasteiger partial charge in [-0.05, 0) is 62.5 Å². The van der Waals surface area contributed by atoms with E-state index in [2.05, 4.69) is 134 Å². The van der Waals surface area contributed by atoms with Crippen LogP contribution in [0.2, 0.25) is 0 Å². The first-order chi connectivity index (χ1) is 17.6. The predicted octanol–water partition coefficient (Wildman–Crippen LogP) is 9.40. The molecule has 0 N–H and O–H groups in total. The van der Waals surface area contributed by atoms with Gasteiger partial charge < -0.3 is 4.57 Å². The minimum Gasteiger partial charge on any atom is -0.309 e. The van der Waals surface area contributed by atoms with Gasteiger partial charge in [0.25, 0.3) is 0 Å². The van der Waals surface area contributed by atoms with Crippen molar-refractivity contribution in [1.82, 2.24) is 4.57 Å². The van der Waals surface area contributed by atoms with Crippen LogP contribution in [0.1, 0.15) is 25.0 Å². The Labute approximate surface area is 210 Å². The zero-order valence-electron chi connectivity index (χ0n) is 20.4. The maximum Gasteiger partial charge on any atom is 0.0626 e. The first-order valence-corrected chi connectivity index (χ1v) is 12.7. The molecule has 1 aliphatic rings. The molecule has 1 heteroatoms. The summed E-state index contributed by atoms with van der Waals surface area (Å²) in [7, 11) is 0. The third-order valence-electron chi connectivity index (χ3n) is 8.33. The van der Waals surface area contributed by atoms with E-state index in [1.165, 1.54) is 71.3 Å². The standard InChI is InChI=1S/C35H25N/c1-35(2)29-15-7-5-14-27(29)33-32-24(12-9-16-30(32)35)21-28-26-13-6-8-17-31(26)36(34(28)33)25-19-18-22-10-3-4-11-23(22)20-25/h3-21H,1-2H3. The number of nitrogens with zero attached hydrogens (tertiary/aromatic N) is 1. The highest BCUT2D eigenvalue weighted by Gasteiger charge is 2.35. The van der Waals surface area contributed by atoms with Crippen LogP contribution >= 0.6 is 0 Å². The molecule has 1 nitrogen and oxygen atoms in total. The quantitative estimate of drug-likeness (QED) is 0.230. The molecule has 0 spiro atoms. The van der Waals surface area contributed by atoms with Crippen molar-refractivity contribution in [2.24, 2.45) is 0 Å². The highest BCUT2D eigenvalue weighted by atomic mass is 15.0. The molecule has 7 aromatic rings. The lowest BCUT2D eigenvalue weighted by molar-refractivity contribution is 0.645. The van der Waals surface area contributed by atoms with Gasteiger partial charge in [0.15, 0.2) is 0 Å². The van der Waals surface area contributed by atoms with Gasteiger partial charge >= 0.3 is 0 Å². The Bertz CT molecular complexity index is 2020. The third-order valence-corrected chi connectivity index (χ3v) is 8.33. The summed E-state index contributed by atoms with van der Waals surface area (Å²) in [5, 5.41) is 7.85. The van der Waals surface area contributed by atoms with Gasteiger partial charge in [-0.15, -0.1) is 0 Å². The molecule has 36 heavy (non-hydrogen) atoms. The fourth-order valence-corrected chi connectivity index (χ4v) is 6.66. The maximum absolute atomic E-state index is 2.50. The number of para-hydroxylation sites is 1. The number of rotatable bonds is 1. The van der Waals surface area contributed by atoms with E-state index < -0.39 is 0 Å². The molecule has 170 valence electrons. The van der Waals surface area contributed by atoms with Crippen molar-refractivity contribution < 1.29 is 0 Å². The zero-order valence-corrected chi connectivity index (χ0v) is 20.4. The minimum atomic E-state index is -0.0590. The van der Waals surface area contributed by atoms with Crippen LogP contribution in [0, 0.1) is 0 Å². The largest absolute Gasteiger partial charge is 0.309 e. The van der Waals surface area contributed by atoms with Crippen molar-refractivity contribution in [1.29, 1.82) is 0 Å². The lowest BCUT2D eigenvalue weighted by Gasteiger charge is -2.35. The summed E-state index contributed by atoms with van der Waals surface area (Å²) < 4.78 is 2.50. The topological polar surface area (TPSA) is 4.93 Å². The second kappa shape index (κ2) is 6.86. The van der Waals surface area contributed by atoms with Crippen molar-refractivity contribution in [3.63, 3.8) is 0 Å². The molecule has 1 heterocycles. The molecule has 1 aliphatic carbocycles. The Morgan fingerprint density at radius 2 is 1.28 bits per heavy atom. The lowest BCUT2D eigenvalue weighted by atomic mass is 9.68.